The van der Waals surface area contributed by atoms with E-state index in [4.69, 9.17) is 16.3 Å². The maximum Gasteiger partial charge on any atom is 0.229 e. The van der Waals surface area contributed by atoms with E-state index in [2.05, 4.69) is 10.6 Å². The third-order valence-corrected chi connectivity index (χ3v) is 3.97. The molecule has 1 aromatic carbocycles. The summed E-state index contributed by atoms with van der Waals surface area (Å²) in [5, 5.41) is 6.98. The van der Waals surface area contributed by atoms with Gasteiger partial charge in [0.15, 0.2) is 0 Å². The fraction of sp³-hybridized carbons (Fsp3) is 0.533. The molecule has 0 spiro atoms. The molecule has 0 aliphatic carbocycles. The van der Waals surface area contributed by atoms with Gasteiger partial charge in [-0.3, -0.25) is 4.79 Å². The highest BCUT2D eigenvalue weighted by atomic mass is 35.5. The second-order valence-corrected chi connectivity index (χ2v) is 5.71. The van der Waals surface area contributed by atoms with E-state index < -0.39 is 5.41 Å². The Morgan fingerprint density at radius 1 is 1.55 bits per heavy atom. The van der Waals surface area contributed by atoms with Gasteiger partial charge in [0.2, 0.25) is 5.91 Å². The molecular weight excluding hydrogens is 276 g/mol. The van der Waals surface area contributed by atoms with Crippen LogP contribution in [0, 0.1) is 5.41 Å². The first-order valence-corrected chi connectivity index (χ1v) is 7.26. The van der Waals surface area contributed by atoms with Crippen molar-refractivity contribution in [3.8, 4) is 0 Å². The van der Waals surface area contributed by atoms with Gasteiger partial charge >= 0.3 is 0 Å². The van der Waals surface area contributed by atoms with Crippen molar-refractivity contribution in [2.24, 2.45) is 5.41 Å². The smallest absolute Gasteiger partial charge is 0.229 e. The Hall–Kier alpha value is -1.10. The van der Waals surface area contributed by atoms with E-state index in [1.807, 2.05) is 24.3 Å². The molecule has 0 saturated carbocycles. The minimum Gasteiger partial charge on any atom is -0.384 e. The molecule has 0 radical (unpaired) electrons. The number of methoxy groups -OCH3 is 1. The van der Waals surface area contributed by atoms with Gasteiger partial charge in [0.1, 0.15) is 0 Å². The predicted molar refractivity (Wildman–Crippen MR) is 80.0 cm³/mol. The minimum atomic E-state index is -0.414. The van der Waals surface area contributed by atoms with Crippen LogP contribution in [0.5, 0.6) is 0 Å². The first-order chi connectivity index (χ1) is 9.66. The fourth-order valence-corrected chi connectivity index (χ4v) is 2.82. The molecule has 1 unspecified atom stereocenters. The Labute approximate surface area is 124 Å². The van der Waals surface area contributed by atoms with Gasteiger partial charge in [0.25, 0.3) is 0 Å². The lowest BCUT2D eigenvalue weighted by Crippen LogP contribution is -2.46. The van der Waals surface area contributed by atoms with E-state index in [0.29, 0.717) is 19.7 Å². The number of carbonyl (C=O) groups is 1. The molecule has 5 heteroatoms. The summed E-state index contributed by atoms with van der Waals surface area (Å²) in [7, 11) is 1.64. The number of ether oxygens (including phenoxy) is 1. The zero-order valence-corrected chi connectivity index (χ0v) is 12.5. The summed E-state index contributed by atoms with van der Waals surface area (Å²) in [5.74, 6) is 0.0754. The van der Waals surface area contributed by atoms with Gasteiger partial charge in [-0.15, -0.1) is 0 Å². The van der Waals surface area contributed by atoms with Crippen LogP contribution in [0.2, 0.25) is 5.02 Å². The molecule has 1 aliphatic rings. The number of benzene rings is 1. The van der Waals surface area contributed by atoms with E-state index in [1.165, 1.54) is 0 Å². The third-order valence-electron chi connectivity index (χ3n) is 3.73. The van der Waals surface area contributed by atoms with Crippen LogP contribution >= 0.6 is 11.6 Å². The quantitative estimate of drug-likeness (QED) is 0.839. The molecule has 1 atom stereocenters. The van der Waals surface area contributed by atoms with Crippen LogP contribution in [0.1, 0.15) is 12.0 Å². The minimum absolute atomic E-state index is 0.0754. The molecule has 1 saturated heterocycles. The Bertz CT molecular complexity index is 459. The topological polar surface area (TPSA) is 50.4 Å². The Balaban J connectivity index is 1.85. The van der Waals surface area contributed by atoms with E-state index in [-0.39, 0.29) is 5.91 Å². The molecule has 1 aliphatic heterocycles. The Kier molecular flexibility index (Phi) is 5.40. The maximum atomic E-state index is 12.4. The lowest BCUT2D eigenvalue weighted by molar-refractivity contribution is -0.132. The van der Waals surface area contributed by atoms with Crippen molar-refractivity contribution in [1.82, 2.24) is 10.6 Å². The first-order valence-electron chi connectivity index (χ1n) is 6.89. The molecule has 110 valence electrons. The standard InChI is InChI=1S/C15H21ClN2O2/c1-20-11-15(6-8-17-10-15)14(19)18-7-5-12-3-2-4-13(16)9-12/h2-4,9,17H,5-8,10-11H2,1H3,(H,18,19). The largest absolute Gasteiger partial charge is 0.384 e. The van der Waals surface area contributed by atoms with Crippen LogP contribution in [0.3, 0.4) is 0 Å². The summed E-state index contributed by atoms with van der Waals surface area (Å²) in [6.45, 7) is 2.63. The van der Waals surface area contributed by atoms with Gasteiger partial charge < -0.3 is 15.4 Å². The first kappa shape index (κ1) is 15.3. The van der Waals surface area contributed by atoms with Gasteiger partial charge in [0, 0.05) is 25.2 Å². The normalized spacial score (nSPS) is 21.9. The summed E-state index contributed by atoms with van der Waals surface area (Å²) in [5.41, 5.74) is 0.714. The van der Waals surface area contributed by atoms with Crippen molar-refractivity contribution < 1.29 is 9.53 Å². The van der Waals surface area contributed by atoms with E-state index >= 15 is 0 Å². The molecule has 4 nitrogen and oxygen atoms in total. The lowest BCUT2D eigenvalue weighted by atomic mass is 9.87. The fourth-order valence-electron chi connectivity index (χ4n) is 2.60. The zero-order chi connectivity index (χ0) is 14.4. The van der Waals surface area contributed by atoms with Gasteiger partial charge in [-0.1, -0.05) is 23.7 Å². The second-order valence-electron chi connectivity index (χ2n) is 5.28. The molecule has 0 aromatic heterocycles. The van der Waals surface area contributed by atoms with E-state index in [0.717, 1.165) is 30.0 Å². The monoisotopic (exact) mass is 296 g/mol. The zero-order valence-electron chi connectivity index (χ0n) is 11.7. The molecular formula is C15H21ClN2O2. The number of hydrogen-bond donors (Lipinski definition) is 2. The Morgan fingerprint density at radius 2 is 2.40 bits per heavy atom. The third kappa shape index (κ3) is 3.72. The van der Waals surface area contributed by atoms with Crippen LogP contribution in [0.15, 0.2) is 24.3 Å². The number of amides is 1. The van der Waals surface area contributed by atoms with Crippen molar-refractivity contribution in [1.29, 1.82) is 0 Å². The van der Waals surface area contributed by atoms with Crippen molar-refractivity contribution in [3.05, 3.63) is 34.9 Å². The summed E-state index contributed by atoms with van der Waals surface area (Å²) in [6.07, 6.45) is 1.60. The highest BCUT2D eigenvalue weighted by Crippen LogP contribution is 2.26. The Morgan fingerprint density at radius 3 is 3.05 bits per heavy atom. The average Bonchev–Trinajstić information content (AvgIpc) is 2.89. The van der Waals surface area contributed by atoms with E-state index in [1.54, 1.807) is 7.11 Å². The summed E-state index contributed by atoms with van der Waals surface area (Å²) < 4.78 is 5.21. The van der Waals surface area contributed by atoms with Gasteiger partial charge in [0.05, 0.1) is 12.0 Å². The molecule has 2 N–H and O–H groups in total. The van der Waals surface area contributed by atoms with Gasteiger partial charge in [-0.25, -0.2) is 0 Å². The van der Waals surface area contributed by atoms with Crippen molar-refractivity contribution in [2.75, 3.05) is 33.4 Å². The highest BCUT2D eigenvalue weighted by Gasteiger charge is 2.41. The molecule has 1 fully saturated rings. The molecule has 20 heavy (non-hydrogen) atoms. The van der Waals surface area contributed by atoms with Crippen LogP contribution < -0.4 is 10.6 Å². The number of halogens is 1. The van der Waals surface area contributed by atoms with Crippen molar-refractivity contribution >= 4 is 17.5 Å². The molecule has 1 amide bonds. The molecule has 1 aromatic rings. The summed E-state index contributed by atoms with van der Waals surface area (Å²) in [6, 6.07) is 7.71. The molecule has 1 heterocycles. The van der Waals surface area contributed by atoms with Crippen molar-refractivity contribution in [3.63, 3.8) is 0 Å². The summed E-state index contributed by atoms with van der Waals surface area (Å²) >= 11 is 5.94. The maximum absolute atomic E-state index is 12.4. The van der Waals surface area contributed by atoms with Crippen LogP contribution in [-0.2, 0) is 16.0 Å². The lowest BCUT2D eigenvalue weighted by Gasteiger charge is -2.25. The molecule has 0 bridgehead atoms. The number of nitrogens with one attached hydrogen (secondary N) is 2. The molecule has 2 rings (SSSR count). The van der Waals surface area contributed by atoms with Crippen LogP contribution in [0.25, 0.3) is 0 Å². The van der Waals surface area contributed by atoms with Crippen LogP contribution in [0.4, 0.5) is 0 Å². The predicted octanol–water partition coefficient (Wildman–Crippen LogP) is 1.62. The van der Waals surface area contributed by atoms with E-state index in [9.17, 15) is 4.79 Å². The van der Waals surface area contributed by atoms with Gasteiger partial charge in [-0.2, -0.15) is 0 Å². The van der Waals surface area contributed by atoms with Crippen molar-refractivity contribution in [2.45, 2.75) is 12.8 Å². The average molecular weight is 297 g/mol. The second kappa shape index (κ2) is 7.07. The number of rotatable bonds is 6. The van der Waals surface area contributed by atoms with Crippen LogP contribution in [-0.4, -0.2) is 39.3 Å². The van der Waals surface area contributed by atoms with Gasteiger partial charge in [-0.05, 0) is 37.1 Å². The SMILES string of the molecule is COCC1(C(=O)NCCc2cccc(Cl)c2)CCNC1. The number of carbonyl (C=O) groups excluding carboxylic acids is 1. The highest BCUT2D eigenvalue weighted by molar-refractivity contribution is 6.30. The summed E-state index contributed by atoms with van der Waals surface area (Å²) in [4.78, 5) is 12.4. The number of hydrogen-bond acceptors (Lipinski definition) is 3.